The molecular weight excluding hydrogens is 239 g/mol. The lowest BCUT2D eigenvalue weighted by Gasteiger charge is -2.26. The smallest absolute Gasteiger partial charge is 0.141 e. The second-order valence-corrected chi connectivity index (χ2v) is 5.00. The van der Waals surface area contributed by atoms with Gasteiger partial charge in [-0.3, -0.25) is 0 Å². The van der Waals surface area contributed by atoms with Crippen LogP contribution in [0.3, 0.4) is 0 Å². The Morgan fingerprint density at radius 3 is 2.76 bits per heavy atom. The monoisotopic (exact) mass is 254 g/mol. The topological polar surface area (TPSA) is 35.8 Å². The van der Waals surface area contributed by atoms with Crippen LogP contribution in [0.2, 0.25) is 5.02 Å². The first-order chi connectivity index (χ1) is 7.97. The molecule has 2 nitrogen and oxygen atoms in total. The lowest BCUT2D eigenvalue weighted by molar-refractivity contribution is 0.472. The number of nitrogens with zero attached hydrogens (tertiary/aromatic N) is 1. The predicted molar refractivity (Wildman–Crippen MR) is 67.5 cm³/mol. The van der Waals surface area contributed by atoms with Crippen LogP contribution in [-0.4, -0.2) is 13.1 Å². The van der Waals surface area contributed by atoms with Gasteiger partial charge in [0.2, 0.25) is 0 Å². The molecule has 0 unspecified atom stereocenters. The van der Waals surface area contributed by atoms with E-state index < -0.39 is 5.82 Å². The summed E-state index contributed by atoms with van der Waals surface area (Å²) in [4.78, 5) is 0. The van der Waals surface area contributed by atoms with Crippen LogP contribution in [0.1, 0.15) is 25.8 Å². The van der Waals surface area contributed by atoms with Gasteiger partial charge in [-0.05, 0) is 17.7 Å². The predicted octanol–water partition coefficient (Wildman–Crippen LogP) is 3.26. The number of benzene rings is 1. The highest BCUT2D eigenvalue weighted by Crippen LogP contribution is 2.26. The molecule has 0 aliphatic heterocycles. The van der Waals surface area contributed by atoms with Gasteiger partial charge in [-0.15, -0.1) is 0 Å². The number of rotatable bonds is 5. The van der Waals surface area contributed by atoms with Crippen LogP contribution >= 0.6 is 11.6 Å². The maximum Gasteiger partial charge on any atom is 0.141 e. The summed E-state index contributed by atoms with van der Waals surface area (Å²) in [7, 11) is 0. The summed E-state index contributed by atoms with van der Waals surface area (Å²) >= 11 is 5.77. The summed E-state index contributed by atoms with van der Waals surface area (Å²) in [6, 6.07) is 6.86. The zero-order valence-electron chi connectivity index (χ0n) is 10.1. The van der Waals surface area contributed by atoms with E-state index in [0.717, 1.165) is 12.1 Å². The van der Waals surface area contributed by atoms with Crippen LogP contribution in [0.25, 0.3) is 0 Å². The first-order valence-corrected chi connectivity index (χ1v) is 5.88. The van der Waals surface area contributed by atoms with Crippen LogP contribution < -0.4 is 5.32 Å². The van der Waals surface area contributed by atoms with Crippen molar-refractivity contribution < 1.29 is 4.39 Å². The molecule has 0 aliphatic carbocycles. The van der Waals surface area contributed by atoms with E-state index in [-0.39, 0.29) is 10.4 Å². The van der Waals surface area contributed by atoms with E-state index >= 15 is 0 Å². The lowest BCUT2D eigenvalue weighted by atomic mass is 9.84. The number of halogens is 2. The molecule has 0 aromatic heterocycles. The van der Waals surface area contributed by atoms with Crippen molar-refractivity contribution in [3.8, 4) is 6.07 Å². The molecule has 0 bridgehead atoms. The second kappa shape index (κ2) is 6.00. The first kappa shape index (κ1) is 14.0. The van der Waals surface area contributed by atoms with E-state index in [1.54, 1.807) is 12.1 Å². The third kappa shape index (κ3) is 3.99. The Morgan fingerprint density at radius 1 is 1.47 bits per heavy atom. The minimum absolute atomic E-state index is 0.146. The molecule has 1 rings (SSSR count). The zero-order valence-corrected chi connectivity index (χ0v) is 10.8. The maximum absolute atomic E-state index is 13.1. The van der Waals surface area contributed by atoms with Crippen LogP contribution in [0, 0.1) is 17.1 Å². The van der Waals surface area contributed by atoms with E-state index in [1.165, 1.54) is 6.07 Å². The molecule has 0 saturated heterocycles. The molecule has 1 aromatic carbocycles. The molecule has 0 spiro atoms. The Kier molecular flexibility index (Phi) is 4.92. The first-order valence-electron chi connectivity index (χ1n) is 5.50. The molecule has 4 heteroatoms. The number of nitrogens with one attached hydrogen (secondary N) is 1. The van der Waals surface area contributed by atoms with Crippen molar-refractivity contribution in [2.24, 2.45) is 0 Å². The van der Waals surface area contributed by atoms with Gasteiger partial charge in [0.05, 0.1) is 11.1 Å². The van der Waals surface area contributed by atoms with Crippen LogP contribution in [-0.2, 0) is 5.41 Å². The highest BCUT2D eigenvalue weighted by molar-refractivity contribution is 6.30. The molecule has 0 radical (unpaired) electrons. The Labute approximate surface area is 106 Å². The maximum atomic E-state index is 13.1. The van der Waals surface area contributed by atoms with Crippen molar-refractivity contribution in [1.82, 2.24) is 5.32 Å². The van der Waals surface area contributed by atoms with Gasteiger partial charge in [-0.2, -0.15) is 5.26 Å². The van der Waals surface area contributed by atoms with Gasteiger partial charge < -0.3 is 5.32 Å². The standard InChI is InChI=1S/C13H16ClFN2/c1-13(2,9-17-7-3-6-16)10-4-5-12(15)11(14)8-10/h4-5,8,17H,3,7,9H2,1-2H3. The Balaban J connectivity index is 2.68. The molecule has 17 heavy (non-hydrogen) atoms. The fourth-order valence-corrected chi connectivity index (χ4v) is 1.74. The van der Waals surface area contributed by atoms with Gasteiger partial charge in [-0.1, -0.05) is 31.5 Å². The van der Waals surface area contributed by atoms with E-state index in [2.05, 4.69) is 25.2 Å². The quantitative estimate of drug-likeness (QED) is 0.819. The minimum Gasteiger partial charge on any atom is -0.315 e. The van der Waals surface area contributed by atoms with E-state index in [0.29, 0.717) is 13.0 Å². The second-order valence-electron chi connectivity index (χ2n) is 4.60. The zero-order chi connectivity index (χ0) is 12.9. The minimum atomic E-state index is -0.399. The highest BCUT2D eigenvalue weighted by atomic mass is 35.5. The number of hydrogen-bond donors (Lipinski definition) is 1. The molecule has 1 aromatic rings. The van der Waals surface area contributed by atoms with Gasteiger partial charge in [0.1, 0.15) is 5.82 Å². The Bertz CT molecular complexity index is 424. The van der Waals surface area contributed by atoms with Gasteiger partial charge in [0.25, 0.3) is 0 Å². The van der Waals surface area contributed by atoms with Crippen molar-refractivity contribution in [3.05, 3.63) is 34.6 Å². The van der Waals surface area contributed by atoms with Crippen molar-refractivity contribution in [3.63, 3.8) is 0 Å². The Hall–Kier alpha value is -1.11. The van der Waals surface area contributed by atoms with Crippen molar-refractivity contribution in [2.45, 2.75) is 25.7 Å². The van der Waals surface area contributed by atoms with Gasteiger partial charge >= 0.3 is 0 Å². The third-order valence-corrected chi connectivity index (χ3v) is 2.97. The molecular formula is C13H16ClFN2. The fraction of sp³-hybridized carbons (Fsp3) is 0.462. The van der Waals surface area contributed by atoms with Gasteiger partial charge in [0, 0.05) is 24.9 Å². The normalized spacial score (nSPS) is 11.2. The fourth-order valence-electron chi connectivity index (χ4n) is 1.56. The average Bonchev–Trinajstić information content (AvgIpc) is 2.28. The molecule has 0 atom stereocenters. The van der Waals surface area contributed by atoms with Crippen LogP contribution in [0.5, 0.6) is 0 Å². The number of hydrogen-bond acceptors (Lipinski definition) is 2. The summed E-state index contributed by atoms with van der Waals surface area (Å²) in [6.07, 6.45) is 0.486. The summed E-state index contributed by atoms with van der Waals surface area (Å²) in [5.74, 6) is -0.399. The molecule has 92 valence electrons. The van der Waals surface area contributed by atoms with Gasteiger partial charge in [0.15, 0.2) is 0 Å². The molecule has 0 heterocycles. The molecule has 1 N–H and O–H groups in total. The molecule has 0 amide bonds. The van der Waals surface area contributed by atoms with Crippen molar-refractivity contribution in [2.75, 3.05) is 13.1 Å². The summed E-state index contributed by atoms with van der Waals surface area (Å²) < 4.78 is 13.1. The highest BCUT2D eigenvalue weighted by Gasteiger charge is 2.20. The average molecular weight is 255 g/mol. The largest absolute Gasteiger partial charge is 0.315 e. The van der Waals surface area contributed by atoms with E-state index in [1.807, 2.05) is 0 Å². The SMILES string of the molecule is CC(C)(CNCCC#N)c1ccc(F)c(Cl)c1. The lowest BCUT2D eigenvalue weighted by Crippen LogP contribution is -2.33. The van der Waals surface area contributed by atoms with Crippen molar-refractivity contribution in [1.29, 1.82) is 5.26 Å². The van der Waals surface area contributed by atoms with Crippen molar-refractivity contribution >= 4 is 11.6 Å². The van der Waals surface area contributed by atoms with E-state index in [4.69, 9.17) is 16.9 Å². The summed E-state index contributed by atoms with van der Waals surface area (Å²) in [5.41, 5.74) is 0.834. The molecule has 0 saturated carbocycles. The molecule has 0 aliphatic rings. The number of nitriles is 1. The summed E-state index contributed by atoms with van der Waals surface area (Å²) in [5, 5.41) is 11.8. The van der Waals surface area contributed by atoms with E-state index in [9.17, 15) is 4.39 Å². The van der Waals surface area contributed by atoms with Crippen LogP contribution in [0.4, 0.5) is 4.39 Å². The summed E-state index contributed by atoms with van der Waals surface area (Å²) in [6.45, 7) is 5.48. The van der Waals surface area contributed by atoms with Crippen LogP contribution in [0.15, 0.2) is 18.2 Å². The van der Waals surface area contributed by atoms with Gasteiger partial charge in [-0.25, -0.2) is 4.39 Å². The Morgan fingerprint density at radius 2 is 2.18 bits per heavy atom. The molecule has 0 fully saturated rings. The third-order valence-electron chi connectivity index (χ3n) is 2.68.